The minimum Gasteiger partial charge on any atom is -0.381 e. The normalized spacial score (nSPS) is 28.6. The third-order valence-electron chi connectivity index (χ3n) is 4.38. The zero-order valence-electron chi connectivity index (χ0n) is 11.7. The SMILES string of the molecule is Cc1ccc(NC2CC(C)N(C3CC3)C2)c(C)c1. The van der Waals surface area contributed by atoms with Crippen LogP contribution < -0.4 is 5.32 Å². The molecule has 1 saturated carbocycles. The number of likely N-dealkylation sites (tertiary alicyclic amines) is 1. The fourth-order valence-corrected chi connectivity index (χ4v) is 3.27. The van der Waals surface area contributed by atoms with Crippen LogP contribution in [-0.4, -0.2) is 29.6 Å². The fourth-order valence-electron chi connectivity index (χ4n) is 3.27. The third kappa shape index (κ3) is 2.39. The van der Waals surface area contributed by atoms with Crippen LogP contribution in [0.3, 0.4) is 0 Å². The predicted octanol–water partition coefficient (Wildman–Crippen LogP) is 3.34. The number of rotatable bonds is 3. The number of aryl methyl sites for hydroxylation is 2. The summed E-state index contributed by atoms with van der Waals surface area (Å²) in [5, 5.41) is 3.74. The Morgan fingerprint density at radius 3 is 2.67 bits per heavy atom. The molecule has 1 aromatic carbocycles. The molecule has 2 aliphatic rings. The van der Waals surface area contributed by atoms with Crippen LogP contribution in [0.4, 0.5) is 5.69 Å². The van der Waals surface area contributed by atoms with E-state index in [9.17, 15) is 0 Å². The summed E-state index contributed by atoms with van der Waals surface area (Å²) in [6.45, 7) is 7.96. The van der Waals surface area contributed by atoms with Gasteiger partial charge in [0.1, 0.15) is 0 Å². The average Bonchev–Trinajstić information content (AvgIpc) is 3.08. The largest absolute Gasteiger partial charge is 0.381 e. The molecule has 2 atom stereocenters. The number of benzene rings is 1. The molecular formula is C16H24N2. The topological polar surface area (TPSA) is 15.3 Å². The summed E-state index contributed by atoms with van der Waals surface area (Å²) in [5.74, 6) is 0. The van der Waals surface area contributed by atoms with Crippen molar-refractivity contribution in [1.29, 1.82) is 0 Å². The van der Waals surface area contributed by atoms with Gasteiger partial charge in [-0.2, -0.15) is 0 Å². The Balaban J connectivity index is 1.66. The highest BCUT2D eigenvalue weighted by Gasteiger charge is 2.38. The molecule has 1 aliphatic carbocycles. The number of anilines is 1. The van der Waals surface area contributed by atoms with E-state index in [1.54, 1.807) is 0 Å². The summed E-state index contributed by atoms with van der Waals surface area (Å²) in [6.07, 6.45) is 4.12. The maximum atomic E-state index is 3.74. The highest BCUT2D eigenvalue weighted by Crippen LogP contribution is 2.34. The summed E-state index contributed by atoms with van der Waals surface area (Å²) in [7, 11) is 0. The maximum absolute atomic E-state index is 3.74. The van der Waals surface area contributed by atoms with Gasteiger partial charge in [0, 0.05) is 30.4 Å². The monoisotopic (exact) mass is 244 g/mol. The zero-order chi connectivity index (χ0) is 12.7. The van der Waals surface area contributed by atoms with Gasteiger partial charge >= 0.3 is 0 Å². The van der Waals surface area contributed by atoms with Crippen LogP contribution in [0.2, 0.25) is 0 Å². The summed E-state index contributed by atoms with van der Waals surface area (Å²) < 4.78 is 0. The molecule has 2 fully saturated rings. The van der Waals surface area contributed by atoms with Crippen molar-refractivity contribution in [3.05, 3.63) is 29.3 Å². The maximum Gasteiger partial charge on any atom is 0.0403 e. The average molecular weight is 244 g/mol. The van der Waals surface area contributed by atoms with Crippen LogP contribution >= 0.6 is 0 Å². The van der Waals surface area contributed by atoms with Gasteiger partial charge in [-0.25, -0.2) is 0 Å². The van der Waals surface area contributed by atoms with E-state index in [2.05, 4.69) is 49.2 Å². The second-order valence-corrected chi connectivity index (χ2v) is 6.17. The molecule has 2 heteroatoms. The third-order valence-corrected chi connectivity index (χ3v) is 4.38. The molecule has 0 amide bonds. The molecule has 0 radical (unpaired) electrons. The standard InChI is InChI=1S/C16H24N2/c1-11-4-7-16(12(2)8-11)17-14-9-13(3)18(10-14)15-5-6-15/h4,7-8,13-15,17H,5-6,9-10H2,1-3H3. The van der Waals surface area contributed by atoms with Gasteiger partial charge < -0.3 is 5.32 Å². The predicted molar refractivity (Wildman–Crippen MR) is 77.1 cm³/mol. The van der Waals surface area contributed by atoms with Crippen molar-refractivity contribution >= 4 is 5.69 Å². The van der Waals surface area contributed by atoms with Crippen molar-refractivity contribution in [1.82, 2.24) is 4.90 Å². The van der Waals surface area contributed by atoms with E-state index in [0.717, 1.165) is 12.1 Å². The molecule has 1 aromatic rings. The highest BCUT2D eigenvalue weighted by molar-refractivity contribution is 5.52. The van der Waals surface area contributed by atoms with Gasteiger partial charge in [0.05, 0.1) is 0 Å². The van der Waals surface area contributed by atoms with Crippen molar-refractivity contribution in [2.45, 2.75) is 58.2 Å². The lowest BCUT2D eigenvalue weighted by molar-refractivity contribution is 0.257. The Hall–Kier alpha value is -1.02. The van der Waals surface area contributed by atoms with Crippen LogP contribution in [0.1, 0.15) is 37.3 Å². The van der Waals surface area contributed by atoms with Crippen molar-refractivity contribution in [3.8, 4) is 0 Å². The van der Waals surface area contributed by atoms with E-state index in [4.69, 9.17) is 0 Å². The van der Waals surface area contributed by atoms with E-state index in [1.807, 2.05) is 0 Å². The second kappa shape index (κ2) is 4.58. The highest BCUT2D eigenvalue weighted by atomic mass is 15.3. The summed E-state index contributed by atoms with van der Waals surface area (Å²) in [6, 6.07) is 8.97. The van der Waals surface area contributed by atoms with Crippen molar-refractivity contribution in [2.24, 2.45) is 0 Å². The molecule has 0 spiro atoms. The molecule has 1 heterocycles. The van der Waals surface area contributed by atoms with Gasteiger partial charge in [-0.05, 0) is 51.7 Å². The smallest absolute Gasteiger partial charge is 0.0403 e. The minimum absolute atomic E-state index is 0.627. The Morgan fingerprint density at radius 2 is 2.00 bits per heavy atom. The van der Waals surface area contributed by atoms with E-state index < -0.39 is 0 Å². The summed E-state index contributed by atoms with van der Waals surface area (Å²) >= 11 is 0. The van der Waals surface area contributed by atoms with Crippen molar-refractivity contribution < 1.29 is 0 Å². The number of nitrogens with one attached hydrogen (secondary N) is 1. The molecule has 18 heavy (non-hydrogen) atoms. The Labute approximate surface area is 110 Å². The van der Waals surface area contributed by atoms with Gasteiger partial charge in [-0.15, -0.1) is 0 Å². The zero-order valence-corrected chi connectivity index (χ0v) is 11.7. The Kier molecular flexibility index (Phi) is 3.06. The first-order valence-electron chi connectivity index (χ1n) is 7.23. The van der Waals surface area contributed by atoms with E-state index in [-0.39, 0.29) is 0 Å². The van der Waals surface area contributed by atoms with E-state index in [0.29, 0.717) is 6.04 Å². The lowest BCUT2D eigenvalue weighted by atomic mass is 10.1. The summed E-state index contributed by atoms with van der Waals surface area (Å²) in [5.41, 5.74) is 4.03. The van der Waals surface area contributed by atoms with Crippen LogP contribution in [-0.2, 0) is 0 Å². The van der Waals surface area contributed by atoms with Crippen molar-refractivity contribution in [3.63, 3.8) is 0 Å². The van der Waals surface area contributed by atoms with Crippen LogP contribution in [0, 0.1) is 13.8 Å². The number of nitrogens with zero attached hydrogens (tertiary/aromatic N) is 1. The molecular weight excluding hydrogens is 220 g/mol. The number of hydrogen-bond donors (Lipinski definition) is 1. The molecule has 1 saturated heterocycles. The Bertz CT molecular complexity index is 437. The second-order valence-electron chi connectivity index (χ2n) is 6.17. The molecule has 0 bridgehead atoms. The first-order valence-corrected chi connectivity index (χ1v) is 7.23. The summed E-state index contributed by atoms with van der Waals surface area (Å²) in [4.78, 5) is 2.70. The van der Waals surface area contributed by atoms with Crippen LogP contribution in [0.15, 0.2) is 18.2 Å². The van der Waals surface area contributed by atoms with E-state index in [1.165, 1.54) is 42.6 Å². The van der Waals surface area contributed by atoms with Gasteiger partial charge in [-0.1, -0.05) is 17.7 Å². The van der Waals surface area contributed by atoms with Crippen LogP contribution in [0.25, 0.3) is 0 Å². The quantitative estimate of drug-likeness (QED) is 0.877. The molecule has 1 N–H and O–H groups in total. The minimum atomic E-state index is 0.627. The first-order chi connectivity index (χ1) is 8.63. The van der Waals surface area contributed by atoms with E-state index >= 15 is 0 Å². The Morgan fingerprint density at radius 1 is 1.22 bits per heavy atom. The molecule has 2 unspecified atom stereocenters. The van der Waals surface area contributed by atoms with Gasteiger partial charge in [0.15, 0.2) is 0 Å². The number of hydrogen-bond acceptors (Lipinski definition) is 2. The van der Waals surface area contributed by atoms with Crippen LogP contribution in [0.5, 0.6) is 0 Å². The van der Waals surface area contributed by atoms with Gasteiger partial charge in [0.2, 0.25) is 0 Å². The van der Waals surface area contributed by atoms with Gasteiger partial charge in [-0.3, -0.25) is 4.90 Å². The fraction of sp³-hybridized carbons (Fsp3) is 0.625. The molecule has 1 aliphatic heterocycles. The molecule has 3 rings (SSSR count). The lowest BCUT2D eigenvalue weighted by Gasteiger charge is -2.20. The first kappa shape index (κ1) is 12.0. The van der Waals surface area contributed by atoms with Gasteiger partial charge in [0.25, 0.3) is 0 Å². The van der Waals surface area contributed by atoms with Crippen molar-refractivity contribution in [2.75, 3.05) is 11.9 Å². The molecule has 0 aromatic heterocycles. The molecule has 2 nitrogen and oxygen atoms in total. The lowest BCUT2D eigenvalue weighted by Crippen LogP contribution is -2.31. The molecule has 98 valence electrons.